The van der Waals surface area contributed by atoms with Gasteiger partial charge in [-0.05, 0) is 35.0 Å². The summed E-state index contributed by atoms with van der Waals surface area (Å²) in [7, 11) is 0. The lowest BCUT2D eigenvalue weighted by Gasteiger charge is -2.34. The van der Waals surface area contributed by atoms with Crippen LogP contribution in [0.2, 0.25) is 0 Å². The van der Waals surface area contributed by atoms with E-state index in [0.29, 0.717) is 43.3 Å². The van der Waals surface area contributed by atoms with E-state index in [1.807, 2.05) is 34.1 Å². The van der Waals surface area contributed by atoms with E-state index in [2.05, 4.69) is 26.4 Å². The molecule has 25 heavy (non-hydrogen) atoms. The first-order valence-corrected chi connectivity index (χ1v) is 8.81. The van der Waals surface area contributed by atoms with Crippen LogP contribution >= 0.6 is 15.9 Å². The Kier molecular flexibility index (Phi) is 5.50. The molecule has 1 aliphatic rings. The maximum Gasteiger partial charge on any atom is 0.255 e. The fraction of sp³-hybridized carbons (Fsp3) is 0.353. The fourth-order valence-corrected chi connectivity index (χ4v) is 3.18. The van der Waals surface area contributed by atoms with Gasteiger partial charge in [0, 0.05) is 36.7 Å². The van der Waals surface area contributed by atoms with Crippen LogP contribution < -0.4 is 5.32 Å². The largest absolute Gasteiger partial charge is 0.360 e. The summed E-state index contributed by atoms with van der Waals surface area (Å²) in [6.07, 6.45) is 0. The molecule has 2 heterocycles. The molecule has 1 N–H and O–H groups in total. The van der Waals surface area contributed by atoms with Gasteiger partial charge < -0.3 is 14.7 Å². The SMILES string of the molecule is Cc1cc(NC(=O)CN2CCN(C(=O)c3ccccc3Br)CC2)no1. The molecule has 3 rings (SSSR count). The Morgan fingerprint density at radius 1 is 1.24 bits per heavy atom. The van der Waals surface area contributed by atoms with Crippen molar-refractivity contribution in [3.05, 3.63) is 46.1 Å². The number of nitrogens with zero attached hydrogens (tertiary/aromatic N) is 3. The molecule has 1 saturated heterocycles. The van der Waals surface area contributed by atoms with Crippen LogP contribution in [0.1, 0.15) is 16.1 Å². The third-order valence-electron chi connectivity index (χ3n) is 4.03. The maximum atomic E-state index is 12.6. The van der Waals surface area contributed by atoms with Crippen molar-refractivity contribution in [1.82, 2.24) is 15.0 Å². The van der Waals surface area contributed by atoms with E-state index in [4.69, 9.17) is 4.52 Å². The molecule has 1 aliphatic heterocycles. The molecule has 132 valence electrons. The smallest absolute Gasteiger partial charge is 0.255 e. The summed E-state index contributed by atoms with van der Waals surface area (Å²) in [5, 5.41) is 6.45. The van der Waals surface area contributed by atoms with Gasteiger partial charge in [0.25, 0.3) is 5.91 Å². The molecule has 1 aromatic carbocycles. The first-order valence-electron chi connectivity index (χ1n) is 8.02. The standard InChI is InChI=1S/C17H19BrN4O3/c1-12-10-15(20-25-12)19-16(23)11-21-6-8-22(9-7-21)17(24)13-4-2-3-5-14(13)18/h2-5,10H,6-9,11H2,1H3,(H,19,20,23). The van der Waals surface area contributed by atoms with Crippen LogP contribution in [0.25, 0.3) is 0 Å². The fourth-order valence-electron chi connectivity index (χ4n) is 2.72. The molecule has 1 fully saturated rings. The van der Waals surface area contributed by atoms with Crippen LogP contribution in [0.4, 0.5) is 5.82 Å². The van der Waals surface area contributed by atoms with Gasteiger partial charge in [-0.3, -0.25) is 14.5 Å². The summed E-state index contributed by atoms with van der Waals surface area (Å²) < 4.78 is 5.72. The van der Waals surface area contributed by atoms with Crippen molar-refractivity contribution in [1.29, 1.82) is 0 Å². The molecular formula is C17H19BrN4O3. The predicted molar refractivity (Wildman–Crippen MR) is 96.4 cm³/mol. The number of aryl methyl sites for hydroxylation is 1. The molecule has 8 heteroatoms. The summed E-state index contributed by atoms with van der Waals surface area (Å²) in [4.78, 5) is 28.5. The summed E-state index contributed by atoms with van der Waals surface area (Å²) >= 11 is 3.42. The van der Waals surface area contributed by atoms with Gasteiger partial charge in [0.15, 0.2) is 5.82 Å². The minimum absolute atomic E-state index is 0.00893. The van der Waals surface area contributed by atoms with Crippen LogP contribution in [0, 0.1) is 6.92 Å². The van der Waals surface area contributed by atoms with Gasteiger partial charge in [0.05, 0.1) is 12.1 Å². The van der Waals surface area contributed by atoms with Crippen molar-refractivity contribution in [3.8, 4) is 0 Å². The van der Waals surface area contributed by atoms with Gasteiger partial charge in [0.2, 0.25) is 5.91 Å². The first-order chi connectivity index (χ1) is 12.0. The van der Waals surface area contributed by atoms with E-state index in [0.717, 1.165) is 4.47 Å². The van der Waals surface area contributed by atoms with Crippen LogP contribution in [0.15, 0.2) is 39.3 Å². The van der Waals surface area contributed by atoms with E-state index in [-0.39, 0.29) is 18.4 Å². The molecule has 0 bridgehead atoms. The maximum absolute atomic E-state index is 12.6. The third-order valence-corrected chi connectivity index (χ3v) is 4.72. The summed E-state index contributed by atoms with van der Waals surface area (Å²) in [5.74, 6) is 0.938. The molecule has 2 aromatic rings. The monoisotopic (exact) mass is 406 g/mol. The minimum atomic E-state index is -0.140. The number of aromatic nitrogens is 1. The molecule has 0 aliphatic carbocycles. The molecular weight excluding hydrogens is 388 g/mol. The third kappa shape index (κ3) is 4.46. The Balaban J connectivity index is 1.49. The first kappa shape index (κ1) is 17.6. The van der Waals surface area contributed by atoms with Gasteiger partial charge in [-0.25, -0.2) is 0 Å². The molecule has 0 unspecified atom stereocenters. The Labute approximate surface area is 154 Å². The number of carbonyl (C=O) groups excluding carboxylic acids is 2. The lowest BCUT2D eigenvalue weighted by molar-refractivity contribution is -0.117. The Hall–Kier alpha value is -2.19. The molecule has 0 spiro atoms. The van der Waals surface area contributed by atoms with Crippen molar-refractivity contribution in [2.45, 2.75) is 6.92 Å². The Morgan fingerprint density at radius 3 is 2.60 bits per heavy atom. The van der Waals surface area contributed by atoms with Crippen molar-refractivity contribution in [2.24, 2.45) is 0 Å². The molecule has 1 aromatic heterocycles. The lowest BCUT2D eigenvalue weighted by atomic mass is 10.2. The van der Waals surface area contributed by atoms with Gasteiger partial charge >= 0.3 is 0 Å². The quantitative estimate of drug-likeness (QED) is 0.841. The highest BCUT2D eigenvalue weighted by Gasteiger charge is 2.24. The number of nitrogens with one attached hydrogen (secondary N) is 1. The number of amides is 2. The van der Waals surface area contributed by atoms with Crippen molar-refractivity contribution in [2.75, 3.05) is 38.0 Å². The van der Waals surface area contributed by atoms with E-state index in [1.54, 1.807) is 13.0 Å². The van der Waals surface area contributed by atoms with Gasteiger partial charge in [-0.1, -0.05) is 17.3 Å². The van der Waals surface area contributed by atoms with Crippen LogP contribution in [-0.4, -0.2) is 59.5 Å². The number of rotatable bonds is 4. The zero-order valence-electron chi connectivity index (χ0n) is 13.9. The average molecular weight is 407 g/mol. The number of hydrogen-bond acceptors (Lipinski definition) is 5. The van der Waals surface area contributed by atoms with E-state index >= 15 is 0 Å². The van der Waals surface area contributed by atoms with E-state index in [1.165, 1.54) is 0 Å². The molecule has 0 radical (unpaired) electrons. The van der Waals surface area contributed by atoms with Crippen molar-refractivity contribution >= 4 is 33.6 Å². The predicted octanol–water partition coefficient (Wildman–Crippen LogP) is 2.14. The topological polar surface area (TPSA) is 78.7 Å². The lowest BCUT2D eigenvalue weighted by Crippen LogP contribution is -2.50. The number of halogens is 1. The highest BCUT2D eigenvalue weighted by atomic mass is 79.9. The highest BCUT2D eigenvalue weighted by Crippen LogP contribution is 2.18. The number of carbonyl (C=O) groups is 2. The second kappa shape index (κ2) is 7.79. The van der Waals surface area contributed by atoms with E-state index in [9.17, 15) is 9.59 Å². The number of hydrogen-bond donors (Lipinski definition) is 1. The highest BCUT2D eigenvalue weighted by molar-refractivity contribution is 9.10. The zero-order valence-corrected chi connectivity index (χ0v) is 15.5. The van der Waals surface area contributed by atoms with Gasteiger partial charge in [-0.15, -0.1) is 0 Å². The second-order valence-electron chi connectivity index (χ2n) is 5.92. The molecule has 7 nitrogen and oxygen atoms in total. The number of piperazine rings is 1. The molecule has 0 atom stereocenters. The number of anilines is 1. The minimum Gasteiger partial charge on any atom is -0.360 e. The van der Waals surface area contributed by atoms with Gasteiger partial charge in [0.1, 0.15) is 5.76 Å². The van der Waals surface area contributed by atoms with Crippen LogP contribution in [-0.2, 0) is 4.79 Å². The van der Waals surface area contributed by atoms with Gasteiger partial charge in [-0.2, -0.15) is 0 Å². The molecule has 0 saturated carbocycles. The Bertz CT molecular complexity index is 769. The zero-order chi connectivity index (χ0) is 17.8. The number of benzene rings is 1. The van der Waals surface area contributed by atoms with Crippen LogP contribution in [0.3, 0.4) is 0 Å². The molecule has 2 amide bonds. The average Bonchev–Trinajstić information content (AvgIpc) is 3.00. The van der Waals surface area contributed by atoms with Crippen molar-refractivity contribution < 1.29 is 14.1 Å². The second-order valence-corrected chi connectivity index (χ2v) is 6.77. The normalized spacial score (nSPS) is 15.2. The van der Waals surface area contributed by atoms with Crippen molar-refractivity contribution in [3.63, 3.8) is 0 Å². The summed E-state index contributed by atoms with van der Waals surface area (Å²) in [6, 6.07) is 9.08. The Morgan fingerprint density at radius 2 is 1.96 bits per heavy atom. The summed E-state index contributed by atoms with van der Waals surface area (Å²) in [5.41, 5.74) is 0.662. The van der Waals surface area contributed by atoms with Crippen LogP contribution in [0.5, 0.6) is 0 Å². The van der Waals surface area contributed by atoms with E-state index < -0.39 is 0 Å². The summed E-state index contributed by atoms with van der Waals surface area (Å²) in [6.45, 7) is 4.53.